The zero-order chi connectivity index (χ0) is 10.7. The molecule has 1 N–H and O–H groups in total. The third kappa shape index (κ3) is 2.18. The predicted octanol–water partition coefficient (Wildman–Crippen LogP) is 0.607. The quantitative estimate of drug-likeness (QED) is 0.802. The molecule has 1 aliphatic rings. The lowest BCUT2D eigenvalue weighted by Gasteiger charge is -2.22. The summed E-state index contributed by atoms with van der Waals surface area (Å²) in [7, 11) is -3.16. The van der Waals surface area contributed by atoms with Crippen LogP contribution in [0.1, 0.15) is 12.8 Å². The first kappa shape index (κ1) is 10.6. The number of sulfone groups is 1. The van der Waals surface area contributed by atoms with Crippen LogP contribution >= 0.6 is 0 Å². The normalized spacial score (nSPS) is 22.5. The van der Waals surface area contributed by atoms with Gasteiger partial charge in [-0.2, -0.15) is 0 Å². The van der Waals surface area contributed by atoms with Crippen molar-refractivity contribution in [3.05, 3.63) is 24.5 Å². The number of pyridine rings is 1. The molecule has 1 unspecified atom stereocenters. The monoisotopic (exact) mass is 226 g/mol. The summed E-state index contributed by atoms with van der Waals surface area (Å²) in [6, 6.07) is 3.12. The molecule has 1 aromatic heterocycles. The van der Waals surface area contributed by atoms with Gasteiger partial charge < -0.3 is 5.32 Å². The van der Waals surface area contributed by atoms with Crippen molar-refractivity contribution in [3.8, 4) is 0 Å². The number of nitrogens with zero attached hydrogens (tertiary/aromatic N) is 1. The Morgan fingerprint density at radius 3 is 2.67 bits per heavy atom. The lowest BCUT2D eigenvalue weighted by molar-refractivity contribution is 0.497. The Bertz CT molecular complexity index is 410. The number of hydrogen-bond donors (Lipinski definition) is 1. The van der Waals surface area contributed by atoms with Gasteiger partial charge >= 0.3 is 0 Å². The molecule has 0 bridgehead atoms. The number of nitrogens with one attached hydrogen (secondary N) is 1. The Balaban J connectivity index is 2.26. The number of piperidine rings is 1. The molecule has 0 amide bonds. The summed E-state index contributed by atoms with van der Waals surface area (Å²) < 4.78 is 24.2. The summed E-state index contributed by atoms with van der Waals surface area (Å²) in [6.07, 6.45) is 4.71. The minimum Gasteiger partial charge on any atom is -0.315 e. The van der Waals surface area contributed by atoms with Crippen LogP contribution in [-0.2, 0) is 9.84 Å². The molecule has 5 heteroatoms. The van der Waals surface area contributed by atoms with Crippen molar-refractivity contribution in [1.82, 2.24) is 10.3 Å². The number of rotatable bonds is 2. The van der Waals surface area contributed by atoms with Crippen LogP contribution < -0.4 is 5.32 Å². The third-order valence-corrected chi connectivity index (χ3v) is 4.88. The van der Waals surface area contributed by atoms with Crippen molar-refractivity contribution in [2.45, 2.75) is 23.0 Å². The highest BCUT2D eigenvalue weighted by molar-refractivity contribution is 7.92. The van der Waals surface area contributed by atoms with E-state index in [2.05, 4.69) is 10.3 Å². The van der Waals surface area contributed by atoms with E-state index >= 15 is 0 Å². The van der Waals surface area contributed by atoms with E-state index in [0.717, 1.165) is 19.4 Å². The topological polar surface area (TPSA) is 59.1 Å². The molecule has 0 aliphatic carbocycles. The highest BCUT2D eigenvalue weighted by Gasteiger charge is 2.28. The van der Waals surface area contributed by atoms with Crippen molar-refractivity contribution in [2.24, 2.45) is 0 Å². The van der Waals surface area contributed by atoms with E-state index in [-0.39, 0.29) is 5.25 Å². The molecule has 1 fully saturated rings. The summed E-state index contributed by atoms with van der Waals surface area (Å²) >= 11 is 0. The highest BCUT2D eigenvalue weighted by Crippen LogP contribution is 2.19. The number of hydrogen-bond acceptors (Lipinski definition) is 4. The third-order valence-electron chi connectivity index (χ3n) is 2.67. The molecule has 0 aromatic carbocycles. The molecule has 1 aliphatic heterocycles. The summed E-state index contributed by atoms with van der Waals surface area (Å²) in [6.45, 7) is 1.48. The van der Waals surface area contributed by atoms with Crippen LogP contribution in [0.2, 0.25) is 0 Å². The second-order valence-electron chi connectivity index (χ2n) is 3.70. The van der Waals surface area contributed by atoms with Gasteiger partial charge in [0, 0.05) is 18.9 Å². The van der Waals surface area contributed by atoms with Crippen LogP contribution in [-0.4, -0.2) is 31.7 Å². The van der Waals surface area contributed by atoms with Gasteiger partial charge in [-0.25, -0.2) is 8.42 Å². The Labute approximate surface area is 89.6 Å². The van der Waals surface area contributed by atoms with Gasteiger partial charge in [-0.3, -0.25) is 4.98 Å². The fraction of sp³-hybridized carbons (Fsp3) is 0.500. The van der Waals surface area contributed by atoms with E-state index in [0.29, 0.717) is 11.4 Å². The van der Waals surface area contributed by atoms with E-state index in [9.17, 15) is 8.42 Å². The molecule has 0 radical (unpaired) electrons. The van der Waals surface area contributed by atoms with Gasteiger partial charge in [0.2, 0.25) is 0 Å². The zero-order valence-corrected chi connectivity index (χ0v) is 9.20. The SMILES string of the molecule is O=S(=O)(c1ccncc1)C1CCCNC1. The first-order valence-corrected chi connectivity index (χ1v) is 6.60. The molecule has 2 rings (SSSR count). The maximum absolute atomic E-state index is 12.1. The Kier molecular flexibility index (Phi) is 3.02. The lowest BCUT2D eigenvalue weighted by Crippen LogP contribution is -2.38. The molecular formula is C10H14N2O2S. The van der Waals surface area contributed by atoms with E-state index in [4.69, 9.17) is 0 Å². The first-order chi connectivity index (χ1) is 7.21. The molecule has 4 nitrogen and oxygen atoms in total. The van der Waals surface area contributed by atoms with Crippen LogP contribution in [0.5, 0.6) is 0 Å². The Morgan fingerprint density at radius 2 is 2.07 bits per heavy atom. The average Bonchev–Trinajstić information content (AvgIpc) is 2.31. The summed E-state index contributed by atoms with van der Waals surface area (Å²) in [5.41, 5.74) is 0. The van der Waals surface area contributed by atoms with Gasteiger partial charge in [0.05, 0.1) is 10.1 Å². The largest absolute Gasteiger partial charge is 0.315 e. The van der Waals surface area contributed by atoms with Gasteiger partial charge in [0.25, 0.3) is 0 Å². The average molecular weight is 226 g/mol. The van der Waals surface area contributed by atoms with Gasteiger partial charge in [0.15, 0.2) is 9.84 Å². The molecule has 0 spiro atoms. The van der Waals surface area contributed by atoms with Crippen LogP contribution in [0.3, 0.4) is 0 Å². The Hall–Kier alpha value is -0.940. The minimum atomic E-state index is -3.16. The molecule has 0 saturated carbocycles. The summed E-state index contributed by atoms with van der Waals surface area (Å²) in [5, 5.41) is 2.83. The van der Waals surface area contributed by atoms with Gasteiger partial charge in [-0.1, -0.05) is 0 Å². The second-order valence-corrected chi connectivity index (χ2v) is 5.92. The Morgan fingerprint density at radius 1 is 1.33 bits per heavy atom. The van der Waals surface area contributed by atoms with Gasteiger partial charge in [-0.15, -0.1) is 0 Å². The molecule has 1 aromatic rings. The highest BCUT2D eigenvalue weighted by atomic mass is 32.2. The fourth-order valence-corrected chi connectivity index (χ4v) is 3.51. The molecule has 1 saturated heterocycles. The minimum absolute atomic E-state index is 0.284. The van der Waals surface area contributed by atoms with Crippen molar-refractivity contribution in [3.63, 3.8) is 0 Å². The molecule has 82 valence electrons. The van der Waals surface area contributed by atoms with Crippen molar-refractivity contribution >= 4 is 9.84 Å². The van der Waals surface area contributed by atoms with Crippen LogP contribution in [0.15, 0.2) is 29.4 Å². The second kappa shape index (κ2) is 4.28. The van der Waals surface area contributed by atoms with Crippen LogP contribution in [0, 0.1) is 0 Å². The van der Waals surface area contributed by atoms with Gasteiger partial charge in [0.1, 0.15) is 0 Å². The summed E-state index contributed by atoms with van der Waals surface area (Å²) in [4.78, 5) is 4.20. The van der Waals surface area contributed by atoms with Crippen LogP contribution in [0.25, 0.3) is 0 Å². The van der Waals surface area contributed by atoms with Crippen molar-refractivity contribution in [2.75, 3.05) is 13.1 Å². The molecule has 1 atom stereocenters. The maximum atomic E-state index is 12.1. The predicted molar refractivity (Wildman–Crippen MR) is 57.3 cm³/mol. The maximum Gasteiger partial charge on any atom is 0.182 e. The lowest BCUT2D eigenvalue weighted by atomic mass is 10.2. The number of aromatic nitrogens is 1. The summed E-state index contributed by atoms with van der Waals surface area (Å²) in [5.74, 6) is 0. The van der Waals surface area contributed by atoms with Gasteiger partial charge in [-0.05, 0) is 31.5 Å². The molecule has 2 heterocycles. The van der Waals surface area contributed by atoms with Crippen molar-refractivity contribution in [1.29, 1.82) is 0 Å². The fourth-order valence-electron chi connectivity index (χ4n) is 1.81. The molecule has 15 heavy (non-hydrogen) atoms. The van der Waals surface area contributed by atoms with Crippen molar-refractivity contribution < 1.29 is 8.42 Å². The zero-order valence-electron chi connectivity index (χ0n) is 8.39. The van der Waals surface area contributed by atoms with Crippen LogP contribution in [0.4, 0.5) is 0 Å². The van der Waals surface area contributed by atoms with E-state index in [1.54, 1.807) is 12.1 Å². The van der Waals surface area contributed by atoms with E-state index in [1.165, 1.54) is 12.4 Å². The standard InChI is InChI=1S/C10H14N2O2S/c13-15(14,9-3-6-11-7-4-9)10-2-1-5-12-8-10/h3-4,6-7,10,12H,1-2,5,8H2. The molecular weight excluding hydrogens is 212 g/mol. The smallest absolute Gasteiger partial charge is 0.182 e. The first-order valence-electron chi connectivity index (χ1n) is 5.06. The van der Waals surface area contributed by atoms with E-state index < -0.39 is 9.84 Å². The van der Waals surface area contributed by atoms with E-state index in [1.807, 2.05) is 0 Å².